The summed E-state index contributed by atoms with van der Waals surface area (Å²) in [5, 5.41) is 11.4. The molecular weight excluding hydrogens is 278 g/mol. The molecule has 1 amide bonds. The van der Waals surface area contributed by atoms with Gasteiger partial charge in [0.1, 0.15) is 16.2 Å². The number of carboxylic acid groups (broad SMARTS) is 1. The Morgan fingerprint density at radius 1 is 1.55 bits per heavy atom. The second-order valence-electron chi connectivity index (χ2n) is 4.97. The van der Waals surface area contributed by atoms with Crippen molar-refractivity contribution in [3.05, 3.63) is 16.3 Å². The molecule has 1 aromatic heterocycles. The van der Waals surface area contributed by atoms with Gasteiger partial charge in [-0.3, -0.25) is 4.79 Å². The van der Waals surface area contributed by atoms with Crippen LogP contribution in [0.5, 0.6) is 5.75 Å². The van der Waals surface area contributed by atoms with Gasteiger partial charge in [0.2, 0.25) is 0 Å². The van der Waals surface area contributed by atoms with Gasteiger partial charge in [0.05, 0.1) is 7.11 Å². The van der Waals surface area contributed by atoms with E-state index in [0.29, 0.717) is 30.0 Å². The van der Waals surface area contributed by atoms with E-state index in [0.717, 1.165) is 12.8 Å². The summed E-state index contributed by atoms with van der Waals surface area (Å²) in [6, 6.07) is 1.73. The van der Waals surface area contributed by atoms with Gasteiger partial charge in [0.15, 0.2) is 0 Å². The number of rotatable bonds is 5. The zero-order valence-corrected chi connectivity index (χ0v) is 12.5. The maximum atomic E-state index is 12.7. The number of nitrogens with zero attached hydrogens (tertiary/aromatic N) is 1. The molecule has 110 valence electrons. The fourth-order valence-electron chi connectivity index (χ4n) is 2.91. The van der Waals surface area contributed by atoms with E-state index >= 15 is 0 Å². The third kappa shape index (κ3) is 2.28. The number of methoxy groups -OCH3 is 1. The van der Waals surface area contributed by atoms with Gasteiger partial charge >= 0.3 is 5.97 Å². The van der Waals surface area contributed by atoms with E-state index in [1.807, 2.05) is 6.92 Å². The van der Waals surface area contributed by atoms with Crippen molar-refractivity contribution in [2.24, 2.45) is 0 Å². The van der Waals surface area contributed by atoms with E-state index in [9.17, 15) is 14.7 Å². The molecule has 0 aliphatic carbocycles. The zero-order chi connectivity index (χ0) is 14.8. The van der Waals surface area contributed by atoms with Crippen LogP contribution in [0.25, 0.3) is 0 Å². The topological polar surface area (TPSA) is 66.8 Å². The standard InChI is InChI=1S/C14H19NO4S/c1-3-6-14(13(17)18)7-4-8-15(14)12(16)11-10(19-2)5-9-20-11/h5,9H,3-4,6-8H2,1-2H3,(H,17,18). The highest BCUT2D eigenvalue weighted by molar-refractivity contribution is 7.12. The van der Waals surface area contributed by atoms with Gasteiger partial charge < -0.3 is 14.7 Å². The summed E-state index contributed by atoms with van der Waals surface area (Å²) in [4.78, 5) is 26.4. The molecule has 1 aliphatic rings. The molecule has 1 N–H and O–H groups in total. The van der Waals surface area contributed by atoms with Gasteiger partial charge in [-0.2, -0.15) is 0 Å². The highest BCUT2D eigenvalue weighted by Gasteiger charge is 2.49. The predicted molar refractivity (Wildman–Crippen MR) is 76.4 cm³/mol. The normalized spacial score (nSPS) is 22.0. The Kier molecular flexibility index (Phi) is 4.32. The largest absolute Gasteiger partial charge is 0.495 e. The van der Waals surface area contributed by atoms with Crippen molar-refractivity contribution < 1.29 is 19.4 Å². The molecule has 1 unspecified atom stereocenters. The van der Waals surface area contributed by atoms with Crippen LogP contribution < -0.4 is 4.74 Å². The first kappa shape index (κ1) is 14.8. The third-order valence-electron chi connectivity index (χ3n) is 3.84. The Balaban J connectivity index is 2.35. The second-order valence-corrected chi connectivity index (χ2v) is 5.88. The van der Waals surface area contributed by atoms with Gasteiger partial charge in [0, 0.05) is 6.54 Å². The zero-order valence-electron chi connectivity index (χ0n) is 11.7. The van der Waals surface area contributed by atoms with E-state index in [2.05, 4.69) is 0 Å². The molecule has 2 rings (SSSR count). The van der Waals surface area contributed by atoms with Gasteiger partial charge in [0.25, 0.3) is 5.91 Å². The Labute approximate surface area is 122 Å². The fourth-order valence-corrected chi connectivity index (χ4v) is 3.72. The molecular formula is C14H19NO4S. The van der Waals surface area contributed by atoms with Crippen molar-refractivity contribution in [1.82, 2.24) is 4.90 Å². The summed E-state index contributed by atoms with van der Waals surface area (Å²) in [6.45, 7) is 2.43. The van der Waals surface area contributed by atoms with Crippen LogP contribution in [0, 0.1) is 0 Å². The number of hydrogen-bond donors (Lipinski definition) is 1. The number of hydrogen-bond acceptors (Lipinski definition) is 4. The van der Waals surface area contributed by atoms with E-state index in [-0.39, 0.29) is 5.91 Å². The number of likely N-dealkylation sites (tertiary alicyclic amines) is 1. The minimum atomic E-state index is -1.05. The SMILES string of the molecule is CCCC1(C(=O)O)CCCN1C(=O)c1sccc1OC. The average Bonchev–Trinajstić information content (AvgIpc) is 3.05. The summed E-state index contributed by atoms with van der Waals surface area (Å²) in [7, 11) is 1.51. The van der Waals surface area contributed by atoms with Gasteiger partial charge in [-0.15, -0.1) is 11.3 Å². The smallest absolute Gasteiger partial charge is 0.329 e. The van der Waals surface area contributed by atoms with Crippen LogP contribution in [-0.2, 0) is 4.79 Å². The molecule has 1 aromatic rings. The lowest BCUT2D eigenvalue weighted by atomic mass is 9.90. The molecule has 6 heteroatoms. The van der Waals surface area contributed by atoms with Crippen molar-refractivity contribution in [2.45, 2.75) is 38.1 Å². The summed E-state index contributed by atoms with van der Waals surface area (Å²) < 4.78 is 5.17. The Morgan fingerprint density at radius 2 is 2.30 bits per heavy atom. The van der Waals surface area contributed by atoms with E-state index in [4.69, 9.17) is 4.74 Å². The van der Waals surface area contributed by atoms with Gasteiger partial charge in [-0.25, -0.2) is 4.79 Å². The summed E-state index contributed by atoms with van der Waals surface area (Å²) in [6.07, 6.45) is 2.47. The number of amides is 1. The maximum absolute atomic E-state index is 12.7. The lowest BCUT2D eigenvalue weighted by Crippen LogP contribution is -2.52. The van der Waals surface area contributed by atoms with Crippen LogP contribution in [0.2, 0.25) is 0 Å². The number of aliphatic carboxylic acids is 1. The summed E-state index contributed by atoms with van der Waals surface area (Å²) in [5.74, 6) is -0.617. The van der Waals surface area contributed by atoms with Crippen LogP contribution in [0.15, 0.2) is 11.4 Å². The molecule has 1 aliphatic heterocycles. The molecule has 0 saturated carbocycles. The number of carbonyl (C=O) groups excluding carboxylic acids is 1. The Bertz CT molecular complexity index is 513. The molecule has 2 heterocycles. The van der Waals surface area contributed by atoms with Crippen LogP contribution in [-0.4, -0.2) is 41.1 Å². The fraction of sp³-hybridized carbons (Fsp3) is 0.571. The van der Waals surface area contributed by atoms with Crippen molar-refractivity contribution in [3.63, 3.8) is 0 Å². The van der Waals surface area contributed by atoms with E-state index < -0.39 is 11.5 Å². The average molecular weight is 297 g/mol. The minimum absolute atomic E-state index is 0.231. The minimum Gasteiger partial charge on any atom is -0.495 e. The molecule has 1 atom stereocenters. The molecule has 0 aromatic carbocycles. The number of carboxylic acids is 1. The second kappa shape index (κ2) is 5.83. The first-order chi connectivity index (χ1) is 9.56. The van der Waals surface area contributed by atoms with Crippen molar-refractivity contribution in [1.29, 1.82) is 0 Å². The van der Waals surface area contributed by atoms with Crippen LogP contribution >= 0.6 is 11.3 Å². The number of ether oxygens (including phenoxy) is 1. The molecule has 1 fully saturated rings. The van der Waals surface area contributed by atoms with E-state index in [1.165, 1.54) is 23.3 Å². The number of thiophene rings is 1. The van der Waals surface area contributed by atoms with Crippen molar-refractivity contribution >= 4 is 23.2 Å². The third-order valence-corrected chi connectivity index (χ3v) is 4.72. The first-order valence-corrected chi connectivity index (χ1v) is 7.61. The van der Waals surface area contributed by atoms with Crippen LogP contribution in [0.4, 0.5) is 0 Å². The lowest BCUT2D eigenvalue weighted by molar-refractivity contribution is -0.148. The number of carbonyl (C=O) groups is 2. The predicted octanol–water partition coefficient (Wildman–Crippen LogP) is 2.62. The maximum Gasteiger partial charge on any atom is 0.329 e. The lowest BCUT2D eigenvalue weighted by Gasteiger charge is -2.34. The quantitative estimate of drug-likeness (QED) is 0.907. The van der Waals surface area contributed by atoms with Crippen molar-refractivity contribution in [2.75, 3.05) is 13.7 Å². The molecule has 0 radical (unpaired) electrons. The van der Waals surface area contributed by atoms with Crippen LogP contribution in [0.3, 0.4) is 0 Å². The summed E-state index contributed by atoms with van der Waals surface area (Å²) >= 11 is 1.29. The van der Waals surface area contributed by atoms with Crippen molar-refractivity contribution in [3.8, 4) is 5.75 Å². The van der Waals surface area contributed by atoms with E-state index in [1.54, 1.807) is 11.4 Å². The molecule has 0 bridgehead atoms. The first-order valence-electron chi connectivity index (χ1n) is 6.73. The van der Waals surface area contributed by atoms with Crippen LogP contribution in [0.1, 0.15) is 42.3 Å². The monoisotopic (exact) mass is 297 g/mol. The molecule has 1 saturated heterocycles. The molecule has 5 nitrogen and oxygen atoms in total. The molecule has 0 spiro atoms. The molecule has 20 heavy (non-hydrogen) atoms. The Hall–Kier alpha value is -1.56. The van der Waals surface area contributed by atoms with Gasteiger partial charge in [-0.1, -0.05) is 13.3 Å². The highest BCUT2D eigenvalue weighted by Crippen LogP contribution is 2.37. The highest BCUT2D eigenvalue weighted by atomic mass is 32.1. The van der Waals surface area contributed by atoms with Gasteiger partial charge in [-0.05, 0) is 30.7 Å². The Morgan fingerprint density at radius 3 is 2.90 bits per heavy atom. The summed E-state index contributed by atoms with van der Waals surface area (Å²) in [5.41, 5.74) is -1.05.